The van der Waals surface area contributed by atoms with E-state index in [0.29, 0.717) is 19.4 Å². The Bertz CT molecular complexity index is 1060. The molecule has 0 radical (unpaired) electrons. The monoisotopic (exact) mass is 496 g/mol. The molecule has 32 heavy (non-hydrogen) atoms. The van der Waals surface area contributed by atoms with Crippen LogP contribution in [-0.4, -0.2) is 49.8 Å². The van der Waals surface area contributed by atoms with E-state index in [0.717, 1.165) is 24.5 Å². The topological polar surface area (TPSA) is 82.6 Å². The minimum atomic E-state index is -3.81. The first-order valence-corrected chi connectivity index (χ1v) is 13.0. The first kappa shape index (κ1) is 23.3. The van der Waals surface area contributed by atoms with Gasteiger partial charge in [-0.25, -0.2) is 13.4 Å². The standard InChI is InChI=1S/C22H26Cl2N4O3S/c23-18-4-3-5-19(24)21(18)32(30,31)28-12-7-17(8-13-28)22(29)26-15-16-6-9-25-20(14-16)27-10-1-2-11-27/h3-6,9,14,17H,1-2,7-8,10-13,15H2,(H,26,29). The highest BCUT2D eigenvalue weighted by Gasteiger charge is 2.34. The van der Waals surface area contributed by atoms with Gasteiger partial charge in [-0.1, -0.05) is 29.3 Å². The van der Waals surface area contributed by atoms with E-state index in [-0.39, 0.29) is 39.9 Å². The second-order valence-corrected chi connectivity index (χ2v) is 10.9. The number of nitrogens with zero attached hydrogens (tertiary/aromatic N) is 3. The van der Waals surface area contributed by atoms with Crippen LogP contribution >= 0.6 is 23.2 Å². The number of anilines is 1. The molecule has 0 unspecified atom stereocenters. The molecule has 2 aromatic rings. The fourth-order valence-electron chi connectivity index (χ4n) is 4.24. The van der Waals surface area contributed by atoms with Gasteiger partial charge in [0.1, 0.15) is 10.7 Å². The minimum absolute atomic E-state index is 0.0580. The SMILES string of the molecule is O=C(NCc1ccnc(N2CCCC2)c1)C1CCN(S(=O)(=O)c2c(Cl)cccc2Cl)CC1. The molecule has 0 aliphatic carbocycles. The summed E-state index contributed by atoms with van der Waals surface area (Å²) in [5.41, 5.74) is 1.00. The van der Waals surface area contributed by atoms with Crippen LogP contribution in [0.25, 0.3) is 0 Å². The molecule has 2 aliphatic rings. The third-order valence-electron chi connectivity index (χ3n) is 6.05. The van der Waals surface area contributed by atoms with E-state index in [2.05, 4.69) is 15.2 Å². The van der Waals surface area contributed by atoms with Gasteiger partial charge in [-0.05, 0) is 55.5 Å². The predicted octanol–water partition coefficient (Wildman–Crippen LogP) is 3.71. The van der Waals surface area contributed by atoms with Crippen LogP contribution < -0.4 is 10.2 Å². The second kappa shape index (κ2) is 9.95. The lowest BCUT2D eigenvalue weighted by molar-refractivity contribution is -0.126. The van der Waals surface area contributed by atoms with Crippen molar-refractivity contribution in [2.24, 2.45) is 5.92 Å². The second-order valence-electron chi connectivity index (χ2n) is 8.16. The molecule has 1 aromatic carbocycles. The van der Waals surface area contributed by atoms with Gasteiger partial charge in [0.2, 0.25) is 15.9 Å². The van der Waals surface area contributed by atoms with Crippen LogP contribution in [0.1, 0.15) is 31.2 Å². The van der Waals surface area contributed by atoms with E-state index >= 15 is 0 Å². The highest BCUT2D eigenvalue weighted by Crippen LogP contribution is 2.33. The normalized spacial score (nSPS) is 18.1. The molecule has 7 nitrogen and oxygen atoms in total. The van der Waals surface area contributed by atoms with Crippen LogP contribution in [0.2, 0.25) is 10.0 Å². The molecule has 1 aromatic heterocycles. The predicted molar refractivity (Wildman–Crippen MR) is 125 cm³/mol. The number of benzene rings is 1. The van der Waals surface area contributed by atoms with Crippen LogP contribution in [0.5, 0.6) is 0 Å². The largest absolute Gasteiger partial charge is 0.357 e. The number of nitrogens with one attached hydrogen (secondary N) is 1. The first-order chi connectivity index (χ1) is 15.4. The van der Waals surface area contributed by atoms with Gasteiger partial charge in [0.05, 0.1) is 10.0 Å². The summed E-state index contributed by atoms with van der Waals surface area (Å²) in [5.74, 6) is 0.659. The summed E-state index contributed by atoms with van der Waals surface area (Å²) in [7, 11) is -3.81. The number of carbonyl (C=O) groups is 1. The molecule has 3 heterocycles. The molecule has 0 atom stereocenters. The van der Waals surface area contributed by atoms with Crippen molar-refractivity contribution < 1.29 is 13.2 Å². The number of hydrogen-bond acceptors (Lipinski definition) is 5. The first-order valence-electron chi connectivity index (χ1n) is 10.8. The quantitative estimate of drug-likeness (QED) is 0.658. The number of hydrogen-bond donors (Lipinski definition) is 1. The van der Waals surface area contributed by atoms with Crippen molar-refractivity contribution in [2.75, 3.05) is 31.1 Å². The highest BCUT2D eigenvalue weighted by molar-refractivity contribution is 7.89. The lowest BCUT2D eigenvalue weighted by Gasteiger charge is -2.31. The summed E-state index contributed by atoms with van der Waals surface area (Å²) in [6, 6.07) is 8.55. The molecular formula is C22H26Cl2N4O3S. The Hall–Kier alpha value is -1.87. The average Bonchev–Trinajstić information content (AvgIpc) is 3.33. The number of sulfonamides is 1. The zero-order chi connectivity index (χ0) is 22.7. The van der Waals surface area contributed by atoms with E-state index in [4.69, 9.17) is 23.2 Å². The lowest BCUT2D eigenvalue weighted by Crippen LogP contribution is -2.43. The van der Waals surface area contributed by atoms with Gasteiger partial charge in [-0.3, -0.25) is 4.79 Å². The minimum Gasteiger partial charge on any atom is -0.357 e. The Labute approximate surface area is 198 Å². The van der Waals surface area contributed by atoms with E-state index in [9.17, 15) is 13.2 Å². The average molecular weight is 497 g/mol. The maximum atomic E-state index is 13.0. The Morgan fingerprint density at radius 3 is 2.38 bits per heavy atom. The smallest absolute Gasteiger partial charge is 0.246 e. The summed E-state index contributed by atoms with van der Waals surface area (Å²) >= 11 is 12.2. The van der Waals surface area contributed by atoms with Crippen molar-refractivity contribution in [3.63, 3.8) is 0 Å². The summed E-state index contributed by atoms with van der Waals surface area (Å²) in [5, 5.41) is 3.19. The van der Waals surface area contributed by atoms with Crippen LogP contribution in [0.3, 0.4) is 0 Å². The van der Waals surface area contributed by atoms with Crippen LogP contribution in [0.15, 0.2) is 41.4 Å². The van der Waals surface area contributed by atoms with Crippen LogP contribution in [0.4, 0.5) is 5.82 Å². The number of pyridine rings is 1. The van der Waals surface area contributed by atoms with E-state index in [1.807, 2.05) is 12.1 Å². The Balaban J connectivity index is 1.32. The lowest BCUT2D eigenvalue weighted by atomic mass is 9.97. The van der Waals surface area contributed by atoms with Gasteiger partial charge >= 0.3 is 0 Å². The maximum absolute atomic E-state index is 13.0. The zero-order valence-electron chi connectivity index (χ0n) is 17.6. The highest BCUT2D eigenvalue weighted by atomic mass is 35.5. The molecule has 1 amide bonds. The zero-order valence-corrected chi connectivity index (χ0v) is 20.0. The van der Waals surface area contributed by atoms with Gasteiger partial charge in [0, 0.05) is 44.8 Å². The fourth-order valence-corrected chi connectivity index (χ4v) is 6.80. The van der Waals surface area contributed by atoms with Gasteiger partial charge in [-0.15, -0.1) is 0 Å². The molecule has 0 bridgehead atoms. The Morgan fingerprint density at radius 1 is 1.06 bits per heavy atom. The molecule has 2 saturated heterocycles. The van der Waals surface area contributed by atoms with Crippen molar-refractivity contribution in [3.05, 3.63) is 52.1 Å². The molecule has 2 aliphatic heterocycles. The fraction of sp³-hybridized carbons (Fsp3) is 0.455. The van der Waals surface area contributed by atoms with Crippen molar-refractivity contribution in [2.45, 2.75) is 37.1 Å². The number of aromatic nitrogens is 1. The van der Waals surface area contributed by atoms with E-state index in [1.54, 1.807) is 12.3 Å². The van der Waals surface area contributed by atoms with Gasteiger partial charge in [-0.2, -0.15) is 4.31 Å². The summed E-state index contributed by atoms with van der Waals surface area (Å²) < 4.78 is 27.4. The summed E-state index contributed by atoms with van der Waals surface area (Å²) in [6.07, 6.45) is 5.03. The molecule has 0 spiro atoms. The molecular weight excluding hydrogens is 471 g/mol. The van der Waals surface area contributed by atoms with Gasteiger partial charge < -0.3 is 10.2 Å². The Kier molecular flexibility index (Phi) is 7.24. The third-order valence-corrected chi connectivity index (χ3v) is 8.90. The van der Waals surface area contributed by atoms with Gasteiger partial charge in [0.25, 0.3) is 0 Å². The van der Waals surface area contributed by atoms with Crippen molar-refractivity contribution in [1.29, 1.82) is 0 Å². The third kappa shape index (κ3) is 5.03. The van der Waals surface area contributed by atoms with E-state index in [1.165, 1.54) is 29.3 Å². The molecule has 172 valence electrons. The molecule has 1 N–H and O–H groups in total. The Morgan fingerprint density at radius 2 is 1.72 bits per heavy atom. The molecule has 4 rings (SSSR count). The number of halogens is 2. The van der Waals surface area contributed by atoms with Crippen LogP contribution in [-0.2, 0) is 21.4 Å². The summed E-state index contributed by atoms with van der Waals surface area (Å²) in [4.78, 5) is 19.3. The van der Waals surface area contributed by atoms with Crippen molar-refractivity contribution in [3.8, 4) is 0 Å². The number of piperidine rings is 1. The van der Waals surface area contributed by atoms with E-state index < -0.39 is 10.0 Å². The molecule has 2 fully saturated rings. The summed E-state index contributed by atoms with van der Waals surface area (Å²) in [6.45, 7) is 2.95. The van der Waals surface area contributed by atoms with Crippen LogP contribution in [0, 0.1) is 5.92 Å². The molecule has 0 saturated carbocycles. The molecule has 10 heteroatoms. The number of rotatable bonds is 6. The number of carbonyl (C=O) groups excluding carboxylic acids is 1. The maximum Gasteiger partial charge on any atom is 0.246 e. The van der Waals surface area contributed by atoms with Crippen molar-refractivity contribution >= 4 is 45.0 Å². The van der Waals surface area contributed by atoms with Gasteiger partial charge in [0.15, 0.2) is 0 Å². The number of amides is 1. The van der Waals surface area contributed by atoms with Crippen molar-refractivity contribution in [1.82, 2.24) is 14.6 Å².